The van der Waals surface area contributed by atoms with Crippen molar-refractivity contribution < 1.29 is 0 Å². The third-order valence-corrected chi connectivity index (χ3v) is 4.27. The quantitative estimate of drug-likeness (QED) is 0.444. The van der Waals surface area contributed by atoms with E-state index in [9.17, 15) is 0 Å². The second-order valence-electron chi connectivity index (χ2n) is 2.94. The van der Waals surface area contributed by atoms with Crippen LogP contribution in [-0.4, -0.2) is 24.4 Å². The van der Waals surface area contributed by atoms with Gasteiger partial charge in [-0.3, -0.25) is 0 Å². The molecular weight excluding hydrogens is 150 g/mol. The van der Waals surface area contributed by atoms with Crippen molar-refractivity contribution in [3.63, 3.8) is 0 Å². The summed E-state index contributed by atoms with van der Waals surface area (Å²) in [5.41, 5.74) is 0. The van der Waals surface area contributed by atoms with E-state index in [-0.39, 0.29) is 0 Å². The Balaban J connectivity index is 2.42. The van der Waals surface area contributed by atoms with Gasteiger partial charge in [-0.25, -0.2) is 0 Å². The molecule has 3 heteroatoms. The molecule has 1 N–H and O–H groups in total. The number of nitrogens with one attached hydrogen (secondary N) is 1. The first kappa shape index (κ1) is 7.76. The van der Waals surface area contributed by atoms with Gasteiger partial charge in [-0.1, -0.05) is 0 Å². The highest BCUT2D eigenvalue weighted by molar-refractivity contribution is 8.87. The Morgan fingerprint density at radius 3 is 2.44 bits per heavy atom. The molecule has 0 spiro atoms. The molecule has 1 fully saturated rings. The Bertz CT molecular complexity index is 91.7. The fourth-order valence-electron chi connectivity index (χ4n) is 1.14. The molecule has 0 amide bonds. The largest absolute Gasteiger partial charge is 0.306 e. The highest BCUT2D eigenvalue weighted by atomic mass is 33.1. The summed E-state index contributed by atoms with van der Waals surface area (Å²) < 4.78 is 0. The zero-order chi connectivity index (χ0) is 6.91. The van der Waals surface area contributed by atoms with E-state index in [0.717, 1.165) is 0 Å². The molecular formula is C6H15NS2. The smallest absolute Gasteiger partial charge is 0.0452 e. The van der Waals surface area contributed by atoms with Gasteiger partial charge in [0.25, 0.3) is 0 Å². The molecule has 1 atom stereocenters. The second kappa shape index (κ2) is 2.72. The van der Waals surface area contributed by atoms with Gasteiger partial charge < -0.3 is 5.32 Å². The number of hydrogen-bond acceptors (Lipinski definition) is 2. The number of rotatable bonds is 1. The van der Waals surface area contributed by atoms with E-state index in [1.54, 1.807) is 0 Å². The maximum absolute atomic E-state index is 4.57. The SMILES string of the molecule is CS(C)(S)C1CCCN1. The van der Waals surface area contributed by atoms with Crippen molar-refractivity contribution in [2.75, 3.05) is 19.1 Å². The Labute approximate surface area is 63.7 Å². The summed E-state index contributed by atoms with van der Waals surface area (Å²) in [6.45, 7) is 1.20. The molecule has 1 heterocycles. The van der Waals surface area contributed by atoms with Crippen molar-refractivity contribution >= 4 is 20.7 Å². The molecule has 0 aliphatic carbocycles. The molecule has 56 valence electrons. The van der Waals surface area contributed by atoms with Gasteiger partial charge in [0.15, 0.2) is 0 Å². The van der Waals surface area contributed by atoms with Crippen molar-refractivity contribution in [3.05, 3.63) is 0 Å². The average molecular weight is 165 g/mol. The second-order valence-corrected chi connectivity index (χ2v) is 9.03. The van der Waals surface area contributed by atoms with Crippen LogP contribution in [0.3, 0.4) is 0 Å². The molecule has 1 unspecified atom stereocenters. The van der Waals surface area contributed by atoms with Crippen LogP contribution in [0.2, 0.25) is 0 Å². The van der Waals surface area contributed by atoms with Gasteiger partial charge in [-0.05, 0) is 31.9 Å². The van der Waals surface area contributed by atoms with Crippen LogP contribution in [0.5, 0.6) is 0 Å². The fourth-order valence-corrected chi connectivity index (χ4v) is 2.95. The maximum Gasteiger partial charge on any atom is 0.0452 e. The maximum atomic E-state index is 4.57. The van der Waals surface area contributed by atoms with E-state index in [1.165, 1.54) is 19.4 Å². The first-order valence-corrected chi connectivity index (χ1v) is 6.85. The molecule has 1 saturated heterocycles. The summed E-state index contributed by atoms with van der Waals surface area (Å²) in [6.07, 6.45) is 7.16. The van der Waals surface area contributed by atoms with Crippen LogP contribution >= 0.6 is 20.7 Å². The summed E-state index contributed by atoms with van der Waals surface area (Å²) in [7, 11) is -0.619. The number of hydrogen-bond donors (Lipinski definition) is 2. The lowest BCUT2D eigenvalue weighted by Gasteiger charge is -2.31. The minimum atomic E-state index is -0.619. The Morgan fingerprint density at radius 2 is 2.22 bits per heavy atom. The topological polar surface area (TPSA) is 12.0 Å². The first-order chi connectivity index (χ1) is 4.11. The third-order valence-electron chi connectivity index (χ3n) is 1.71. The van der Waals surface area contributed by atoms with E-state index in [1.807, 2.05) is 0 Å². The van der Waals surface area contributed by atoms with E-state index in [0.29, 0.717) is 5.37 Å². The van der Waals surface area contributed by atoms with Gasteiger partial charge in [-0.2, -0.15) is 9.06 Å². The van der Waals surface area contributed by atoms with Crippen LogP contribution in [0, 0.1) is 0 Å². The lowest BCUT2D eigenvalue weighted by atomic mass is 10.4. The molecule has 1 rings (SSSR count). The van der Waals surface area contributed by atoms with Crippen LogP contribution in [0.25, 0.3) is 0 Å². The molecule has 0 bridgehead atoms. The van der Waals surface area contributed by atoms with E-state index in [4.69, 9.17) is 0 Å². The van der Waals surface area contributed by atoms with Gasteiger partial charge in [0.1, 0.15) is 0 Å². The molecule has 0 aromatic rings. The van der Waals surface area contributed by atoms with Crippen LogP contribution in [0.1, 0.15) is 12.8 Å². The Morgan fingerprint density at radius 1 is 1.56 bits per heavy atom. The summed E-state index contributed by atoms with van der Waals surface area (Å²) >= 11 is 4.57. The summed E-state index contributed by atoms with van der Waals surface area (Å²) in [6, 6.07) is 0. The molecule has 0 aromatic carbocycles. The lowest BCUT2D eigenvalue weighted by molar-refractivity contribution is 0.802. The van der Waals surface area contributed by atoms with Crippen molar-refractivity contribution in [2.45, 2.75) is 18.2 Å². The van der Waals surface area contributed by atoms with Crippen LogP contribution in [0.4, 0.5) is 0 Å². The van der Waals surface area contributed by atoms with Gasteiger partial charge in [0.05, 0.1) is 0 Å². The zero-order valence-corrected chi connectivity index (χ0v) is 7.77. The summed E-state index contributed by atoms with van der Waals surface area (Å²) in [5, 5.41) is 4.17. The summed E-state index contributed by atoms with van der Waals surface area (Å²) in [4.78, 5) is 0. The molecule has 1 aliphatic heterocycles. The highest BCUT2D eigenvalue weighted by Crippen LogP contribution is 2.51. The van der Waals surface area contributed by atoms with Gasteiger partial charge in [0, 0.05) is 5.37 Å². The van der Waals surface area contributed by atoms with E-state index < -0.39 is 9.06 Å². The standard InChI is InChI=1S/C6H15NS2/c1-9(2,8)6-4-3-5-7-6/h6-8H,3-5H2,1-2H3. The molecule has 9 heavy (non-hydrogen) atoms. The Hall–Kier alpha value is 0.660. The molecule has 1 aliphatic rings. The van der Waals surface area contributed by atoms with E-state index >= 15 is 0 Å². The first-order valence-electron chi connectivity index (χ1n) is 3.29. The van der Waals surface area contributed by atoms with Crippen molar-refractivity contribution in [3.8, 4) is 0 Å². The normalized spacial score (nSPS) is 30.8. The zero-order valence-electron chi connectivity index (χ0n) is 6.05. The van der Waals surface area contributed by atoms with Crippen molar-refractivity contribution in [1.82, 2.24) is 5.32 Å². The summed E-state index contributed by atoms with van der Waals surface area (Å²) in [5.74, 6) is 0. The van der Waals surface area contributed by atoms with Crippen molar-refractivity contribution in [1.29, 1.82) is 0 Å². The molecule has 0 aromatic heterocycles. The Kier molecular flexibility index (Phi) is 2.35. The van der Waals surface area contributed by atoms with Crippen LogP contribution in [-0.2, 0) is 0 Å². The monoisotopic (exact) mass is 165 g/mol. The molecule has 1 nitrogen and oxygen atoms in total. The van der Waals surface area contributed by atoms with E-state index in [2.05, 4.69) is 29.5 Å². The molecule has 0 radical (unpaired) electrons. The lowest BCUT2D eigenvalue weighted by Crippen LogP contribution is -2.24. The van der Waals surface area contributed by atoms with Crippen LogP contribution < -0.4 is 5.32 Å². The van der Waals surface area contributed by atoms with Crippen molar-refractivity contribution in [2.24, 2.45) is 0 Å². The minimum Gasteiger partial charge on any atom is -0.306 e. The fraction of sp³-hybridized carbons (Fsp3) is 1.00. The predicted molar refractivity (Wildman–Crippen MR) is 49.4 cm³/mol. The third kappa shape index (κ3) is 2.06. The van der Waals surface area contributed by atoms with Gasteiger partial charge in [-0.15, -0.1) is 11.7 Å². The minimum absolute atomic E-state index is 0.619. The van der Waals surface area contributed by atoms with Crippen LogP contribution in [0.15, 0.2) is 0 Å². The average Bonchev–Trinajstić information content (AvgIpc) is 2.08. The predicted octanol–water partition coefficient (Wildman–Crippen LogP) is 1.60. The van der Waals surface area contributed by atoms with Gasteiger partial charge >= 0.3 is 0 Å². The number of thiol groups is 1. The van der Waals surface area contributed by atoms with Gasteiger partial charge in [0.2, 0.25) is 0 Å². The highest BCUT2D eigenvalue weighted by Gasteiger charge is 2.23. The molecule has 0 saturated carbocycles.